The van der Waals surface area contributed by atoms with E-state index in [1.54, 1.807) is 12.1 Å². The van der Waals surface area contributed by atoms with E-state index < -0.39 is 21.9 Å². The van der Waals surface area contributed by atoms with Crippen molar-refractivity contribution in [1.82, 2.24) is 4.31 Å². The van der Waals surface area contributed by atoms with Crippen molar-refractivity contribution in [2.75, 3.05) is 32.6 Å². The third-order valence-electron chi connectivity index (χ3n) is 4.92. The maximum atomic E-state index is 13.1. The van der Waals surface area contributed by atoms with E-state index in [9.17, 15) is 18.0 Å². The molecule has 1 N–H and O–H groups in total. The molecule has 0 spiro atoms. The third-order valence-corrected chi connectivity index (χ3v) is 6.84. The van der Waals surface area contributed by atoms with Gasteiger partial charge in [0.2, 0.25) is 10.0 Å². The molecule has 8 nitrogen and oxygen atoms in total. The van der Waals surface area contributed by atoms with Crippen LogP contribution in [0, 0.1) is 0 Å². The van der Waals surface area contributed by atoms with E-state index in [1.807, 2.05) is 0 Å². The van der Waals surface area contributed by atoms with E-state index in [0.717, 1.165) is 19.3 Å². The largest absolute Gasteiger partial charge is 0.495 e. The van der Waals surface area contributed by atoms with Crippen LogP contribution in [0.4, 0.5) is 5.69 Å². The lowest BCUT2D eigenvalue weighted by molar-refractivity contribution is 0.0600. The number of esters is 1. The van der Waals surface area contributed by atoms with Gasteiger partial charge in [-0.05, 0) is 55.3 Å². The van der Waals surface area contributed by atoms with Crippen molar-refractivity contribution in [3.63, 3.8) is 0 Å². The summed E-state index contributed by atoms with van der Waals surface area (Å²) >= 11 is 0. The van der Waals surface area contributed by atoms with E-state index in [-0.39, 0.29) is 16.2 Å². The maximum absolute atomic E-state index is 13.1. The molecular formula is C21H24N2O6S. The van der Waals surface area contributed by atoms with Gasteiger partial charge < -0.3 is 14.8 Å². The summed E-state index contributed by atoms with van der Waals surface area (Å²) in [5.74, 6) is -0.756. The zero-order valence-corrected chi connectivity index (χ0v) is 17.7. The molecule has 0 atom stereocenters. The molecule has 1 aliphatic heterocycles. The Kier molecular flexibility index (Phi) is 6.73. The van der Waals surface area contributed by atoms with E-state index in [1.165, 1.54) is 48.9 Å². The van der Waals surface area contributed by atoms with Crippen LogP contribution in [-0.2, 0) is 14.8 Å². The summed E-state index contributed by atoms with van der Waals surface area (Å²) in [7, 11) is -1.09. The number of anilines is 1. The summed E-state index contributed by atoms with van der Waals surface area (Å²) in [6, 6.07) is 10.5. The second kappa shape index (κ2) is 9.27. The number of amides is 1. The van der Waals surface area contributed by atoms with Crippen molar-refractivity contribution in [3.05, 3.63) is 53.6 Å². The Labute approximate surface area is 175 Å². The smallest absolute Gasteiger partial charge is 0.337 e. The minimum absolute atomic E-state index is 0.0272. The van der Waals surface area contributed by atoms with Crippen LogP contribution in [0.3, 0.4) is 0 Å². The van der Waals surface area contributed by atoms with Crippen LogP contribution < -0.4 is 10.1 Å². The number of nitrogens with one attached hydrogen (secondary N) is 1. The number of nitrogens with zero attached hydrogens (tertiary/aromatic N) is 1. The molecule has 9 heteroatoms. The number of hydrogen-bond acceptors (Lipinski definition) is 6. The molecule has 0 aliphatic carbocycles. The van der Waals surface area contributed by atoms with Gasteiger partial charge in [0, 0.05) is 24.3 Å². The SMILES string of the molecule is COC(=O)c1ccc(NC(=O)c2ccc(OC)c(S(=O)(=O)N3CCCCC3)c2)cc1. The first-order valence-corrected chi connectivity index (χ1v) is 11.0. The zero-order valence-electron chi connectivity index (χ0n) is 16.9. The van der Waals surface area contributed by atoms with Gasteiger partial charge >= 0.3 is 5.97 Å². The van der Waals surface area contributed by atoms with Crippen LogP contribution in [0.25, 0.3) is 0 Å². The molecule has 1 heterocycles. The van der Waals surface area contributed by atoms with Gasteiger partial charge in [0.1, 0.15) is 10.6 Å². The highest BCUT2D eigenvalue weighted by Crippen LogP contribution is 2.30. The topological polar surface area (TPSA) is 102 Å². The van der Waals surface area contributed by atoms with Crippen molar-refractivity contribution in [2.45, 2.75) is 24.2 Å². The molecule has 0 radical (unpaired) electrons. The predicted molar refractivity (Wildman–Crippen MR) is 111 cm³/mol. The molecule has 1 aliphatic rings. The highest BCUT2D eigenvalue weighted by atomic mass is 32.2. The van der Waals surface area contributed by atoms with Crippen LogP contribution >= 0.6 is 0 Å². The minimum atomic E-state index is -3.77. The fourth-order valence-corrected chi connectivity index (χ4v) is 4.97. The normalized spacial score (nSPS) is 14.7. The molecule has 30 heavy (non-hydrogen) atoms. The Bertz CT molecular complexity index is 1030. The number of piperidine rings is 1. The quantitative estimate of drug-likeness (QED) is 0.704. The van der Waals surface area contributed by atoms with Gasteiger partial charge in [-0.15, -0.1) is 0 Å². The predicted octanol–water partition coefficient (Wildman–Crippen LogP) is 2.91. The highest BCUT2D eigenvalue weighted by Gasteiger charge is 2.29. The van der Waals surface area contributed by atoms with Gasteiger partial charge in [-0.2, -0.15) is 4.31 Å². The zero-order chi connectivity index (χ0) is 21.7. The van der Waals surface area contributed by atoms with Crippen molar-refractivity contribution in [2.24, 2.45) is 0 Å². The number of methoxy groups -OCH3 is 2. The second-order valence-electron chi connectivity index (χ2n) is 6.85. The number of carbonyl (C=O) groups excluding carboxylic acids is 2. The van der Waals surface area contributed by atoms with Crippen molar-refractivity contribution in [3.8, 4) is 5.75 Å². The molecule has 0 bridgehead atoms. The van der Waals surface area contributed by atoms with Crippen LogP contribution in [0.15, 0.2) is 47.4 Å². The summed E-state index contributed by atoms with van der Waals surface area (Å²) in [4.78, 5) is 24.2. The average Bonchev–Trinajstić information content (AvgIpc) is 2.79. The Balaban J connectivity index is 1.85. The lowest BCUT2D eigenvalue weighted by Crippen LogP contribution is -2.35. The maximum Gasteiger partial charge on any atom is 0.337 e. The molecule has 0 unspecified atom stereocenters. The number of hydrogen-bond donors (Lipinski definition) is 1. The Morgan fingerprint density at radius 1 is 0.933 bits per heavy atom. The average molecular weight is 432 g/mol. The number of sulfonamides is 1. The van der Waals surface area contributed by atoms with Crippen molar-refractivity contribution in [1.29, 1.82) is 0 Å². The van der Waals surface area contributed by atoms with E-state index in [2.05, 4.69) is 10.1 Å². The molecule has 3 rings (SSSR count). The number of ether oxygens (including phenoxy) is 2. The summed E-state index contributed by atoms with van der Waals surface area (Å²) in [5.41, 5.74) is 1.00. The monoisotopic (exact) mass is 432 g/mol. The molecule has 2 aromatic carbocycles. The summed E-state index contributed by atoms with van der Waals surface area (Å²) in [6.45, 7) is 0.906. The van der Waals surface area contributed by atoms with Crippen LogP contribution in [0.5, 0.6) is 5.75 Å². The Morgan fingerprint density at radius 3 is 2.17 bits per heavy atom. The summed E-state index contributed by atoms with van der Waals surface area (Å²) in [6.07, 6.45) is 2.62. The summed E-state index contributed by atoms with van der Waals surface area (Å²) < 4.78 is 37.5. The first kappa shape index (κ1) is 21.8. The van der Waals surface area contributed by atoms with Gasteiger partial charge in [0.05, 0.1) is 19.8 Å². The first-order valence-electron chi connectivity index (χ1n) is 9.54. The lowest BCUT2D eigenvalue weighted by Gasteiger charge is -2.26. The van der Waals surface area contributed by atoms with E-state index >= 15 is 0 Å². The standard InChI is InChI=1S/C21H24N2O6S/c1-28-18-11-8-16(14-19(18)30(26,27)23-12-4-3-5-13-23)20(24)22-17-9-6-15(7-10-17)21(25)29-2/h6-11,14H,3-5,12-13H2,1-2H3,(H,22,24). The van der Waals surface area contributed by atoms with Gasteiger partial charge in [0.25, 0.3) is 5.91 Å². The number of benzene rings is 2. The van der Waals surface area contributed by atoms with Gasteiger partial charge in [0.15, 0.2) is 0 Å². The minimum Gasteiger partial charge on any atom is -0.495 e. The Morgan fingerprint density at radius 2 is 1.57 bits per heavy atom. The van der Waals surface area contributed by atoms with Crippen LogP contribution in [0.1, 0.15) is 40.0 Å². The number of rotatable bonds is 6. The molecule has 160 valence electrons. The Hall–Kier alpha value is -2.91. The van der Waals surface area contributed by atoms with Crippen molar-refractivity contribution >= 4 is 27.6 Å². The molecule has 0 saturated carbocycles. The van der Waals surface area contributed by atoms with Gasteiger partial charge in [-0.1, -0.05) is 6.42 Å². The van der Waals surface area contributed by atoms with Gasteiger partial charge in [-0.3, -0.25) is 4.79 Å². The van der Waals surface area contributed by atoms with E-state index in [4.69, 9.17) is 4.74 Å². The van der Waals surface area contributed by atoms with Crippen LogP contribution in [0.2, 0.25) is 0 Å². The summed E-state index contributed by atoms with van der Waals surface area (Å²) in [5, 5.41) is 2.70. The lowest BCUT2D eigenvalue weighted by atomic mass is 10.1. The molecule has 1 amide bonds. The molecule has 2 aromatic rings. The molecular weight excluding hydrogens is 408 g/mol. The third kappa shape index (κ3) is 4.63. The molecule has 0 aromatic heterocycles. The fraction of sp³-hybridized carbons (Fsp3) is 0.333. The molecule has 1 saturated heterocycles. The number of carbonyl (C=O) groups is 2. The van der Waals surface area contributed by atoms with Crippen molar-refractivity contribution < 1.29 is 27.5 Å². The van der Waals surface area contributed by atoms with Crippen LogP contribution in [-0.4, -0.2) is 51.9 Å². The fourth-order valence-electron chi connectivity index (χ4n) is 3.27. The second-order valence-corrected chi connectivity index (χ2v) is 8.76. The first-order chi connectivity index (χ1) is 14.4. The molecule has 1 fully saturated rings. The highest BCUT2D eigenvalue weighted by molar-refractivity contribution is 7.89. The van der Waals surface area contributed by atoms with Gasteiger partial charge in [-0.25, -0.2) is 13.2 Å². The van der Waals surface area contributed by atoms with E-state index in [0.29, 0.717) is 24.3 Å².